The maximum atomic E-state index is 13.4. The van der Waals surface area contributed by atoms with Crippen LogP contribution in [0.2, 0.25) is 0 Å². The van der Waals surface area contributed by atoms with E-state index in [2.05, 4.69) is 45.9 Å². The molecule has 2 aromatic rings. The van der Waals surface area contributed by atoms with Crippen LogP contribution in [0, 0.1) is 6.92 Å². The largest absolute Gasteiger partial charge is 0.501 e. The third kappa shape index (κ3) is 7.20. The summed E-state index contributed by atoms with van der Waals surface area (Å²) in [5, 5.41) is 10.7. The molecule has 2 aliphatic heterocycles. The molecule has 7 rings (SSSR count). The lowest BCUT2D eigenvalue weighted by Gasteiger charge is -2.43. The van der Waals surface area contributed by atoms with Gasteiger partial charge in [-0.1, -0.05) is 22.9 Å². The van der Waals surface area contributed by atoms with Gasteiger partial charge in [-0.05, 0) is 81.5 Å². The molecule has 0 spiro atoms. The van der Waals surface area contributed by atoms with Crippen molar-refractivity contribution in [2.75, 3.05) is 33.5 Å². The Morgan fingerprint density at radius 2 is 1.89 bits per heavy atom. The summed E-state index contributed by atoms with van der Waals surface area (Å²) < 4.78 is 16.4. The molecular formula is C39H45N5O8S. The van der Waals surface area contributed by atoms with E-state index in [4.69, 9.17) is 19.0 Å². The molecule has 53 heavy (non-hydrogen) atoms. The first-order chi connectivity index (χ1) is 25.5. The molecule has 13 nitrogen and oxygen atoms in total. The number of benzene rings is 1. The molecule has 3 aliphatic carbocycles. The van der Waals surface area contributed by atoms with E-state index in [-0.39, 0.29) is 31.6 Å². The molecule has 1 aromatic carbocycles. The molecular weight excluding hydrogens is 699 g/mol. The zero-order valence-corrected chi connectivity index (χ0v) is 31.4. The molecule has 1 aromatic heterocycles. The number of aromatic nitrogens is 1. The number of oxime groups is 1. The summed E-state index contributed by atoms with van der Waals surface area (Å²) in [6.45, 7) is 7.90. The Bertz CT molecular complexity index is 2020. The number of aryl methyl sites for hydroxylation is 1. The highest BCUT2D eigenvalue weighted by Crippen LogP contribution is 2.51. The number of allylic oxidation sites excluding steroid dienone is 7. The predicted molar refractivity (Wildman–Crippen MR) is 200 cm³/mol. The molecule has 3 heterocycles. The standard InChI is InChI=1S/C39H45N5O8S/c1-6-40-31(45)20-52-43-30-17-28-26-15-21(2)7-14-29(26)41-33(28)25-13-12-24(16-27(25)30)50-19-32(46)42-34-36(47)44-35(39(3,4)53-37(34)44)38(48)51-18-22-8-10-23(49-5)11-9-22/h7-8,10,14-16,34-35,37,41H,6,9,11-13,17-20H2,1-5H3,(H,40,45)(H,42,46)/b43-30-. The fourth-order valence-electron chi connectivity index (χ4n) is 7.59. The van der Waals surface area contributed by atoms with Crippen LogP contribution in [0.15, 0.2) is 64.2 Å². The first-order valence-corrected chi connectivity index (χ1v) is 18.9. The van der Waals surface area contributed by atoms with Crippen LogP contribution in [0.25, 0.3) is 16.5 Å². The summed E-state index contributed by atoms with van der Waals surface area (Å²) >= 11 is 1.48. The number of nitrogens with zero attached hydrogens (tertiary/aromatic N) is 2. The third-order valence-corrected chi connectivity index (χ3v) is 11.8. The number of β-lactam (4-membered cyclic amide) rings is 1. The van der Waals surface area contributed by atoms with Crippen molar-refractivity contribution in [1.29, 1.82) is 0 Å². The summed E-state index contributed by atoms with van der Waals surface area (Å²) in [6.07, 6.45) is 8.84. The van der Waals surface area contributed by atoms with Gasteiger partial charge in [0.25, 0.3) is 11.8 Å². The summed E-state index contributed by atoms with van der Waals surface area (Å²) in [5.74, 6) is 0.0213. The Labute approximate surface area is 312 Å². The van der Waals surface area contributed by atoms with Gasteiger partial charge in [0.2, 0.25) is 5.91 Å². The van der Waals surface area contributed by atoms with Crippen LogP contribution in [0.1, 0.15) is 63.3 Å². The second-order valence-corrected chi connectivity index (χ2v) is 16.1. The van der Waals surface area contributed by atoms with E-state index in [0.717, 1.165) is 63.0 Å². The zero-order valence-electron chi connectivity index (χ0n) is 30.6. The number of H-pyrrole nitrogens is 1. The van der Waals surface area contributed by atoms with Crippen LogP contribution in [0.3, 0.4) is 0 Å². The molecule has 5 aliphatic rings. The van der Waals surface area contributed by atoms with Crippen LogP contribution >= 0.6 is 11.8 Å². The van der Waals surface area contributed by atoms with Crippen molar-refractivity contribution in [3.05, 3.63) is 75.9 Å². The van der Waals surface area contributed by atoms with Crippen LogP contribution in [-0.4, -0.2) is 95.0 Å². The van der Waals surface area contributed by atoms with E-state index >= 15 is 0 Å². The molecule has 0 bridgehead atoms. The Balaban J connectivity index is 0.998. The minimum atomic E-state index is -0.773. The zero-order chi connectivity index (χ0) is 37.4. The number of hydrogen-bond donors (Lipinski definition) is 3. The van der Waals surface area contributed by atoms with Gasteiger partial charge in [-0.15, -0.1) is 11.8 Å². The second-order valence-electron chi connectivity index (χ2n) is 14.3. The highest BCUT2D eigenvalue weighted by molar-refractivity contribution is 8.01. The van der Waals surface area contributed by atoms with E-state index in [1.807, 2.05) is 39.0 Å². The molecule has 3 unspecified atom stereocenters. The lowest BCUT2D eigenvalue weighted by atomic mass is 9.82. The molecule has 2 fully saturated rings. The van der Waals surface area contributed by atoms with Crippen LogP contribution < -0.4 is 10.6 Å². The molecule has 3 N–H and O–H groups in total. The fourth-order valence-corrected chi connectivity index (χ4v) is 9.21. The number of nitrogens with one attached hydrogen (secondary N) is 3. The Hall–Kier alpha value is -4.98. The van der Waals surface area contributed by atoms with Gasteiger partial charge in [0.15, 0.2) is 13.2 Å². The number of thioether (sulfide) groups is 1. The number of carbonyl (C=O) groups excluding carboxylic acids is 4. The Morgan fingerprint density at radius 1 is 1.08 bits per heavy atom. The minimum absolute atomic E-state index is 0.154. The maximum Gasteiger partial charge on any atom is 0.330 e. The van der Waals surface area contributed by atoms with E-state index in [0.29, 0.717) is 37.3 Å². The van der Waals surface area contributed by atoms with Crippen molar-refractivity contribution in [1.82, 2.24) is 20.5 Å². The van der Waals surface area contributed by atoms with E-state index in [1.54, 1.807) is 7.11 Å². The predicted octanol–water partition coefficient (Wildman–Crippen LogP) is 4.33. The summed E-state index contributed by atoms with van der Waals surface area (Å²) in [7, 11) is 1.63. The number of likely N-dealkylation sites (N-methyl/N-ethyl adjacent to an activating group) is 1. The van der Waals surface area contributed by atoms with E-state index in [1.165, 1.54) is 16.7 Å². The Morgan fingerprint density at radius 3 is 2.64 bits per heavy atom. The fraction of sp³-hybridized carbons (Fsp3) is 0.462. The average Bonchev–Trinajstić information content (AvgIpc) is 3.63. The minimum Gasteiger partial charge on any atom is -0.501 e. The van der Waals surface area contributed by atoms with Gasteiger partial charge in [0.1, 0.15) is 24.1 Å². The van der Waals surface area contributed by atoms with Crippen molar-refractivity contribution >= 4 is 57.6 Å². The van der Waals surface area contributed by atoms with Crippen molar-refractivity contribution in [2.24, 2.45) is 5.16 Å². The number of amides is 3. The number of carbonyl (C=O) groups is 4. The lowest BCUT2D eigenvalue weighted by molar-refractivity contribution is -0.164. The number of rotatable bonds is 12. The number of ether oxygens (including phenoxy) is 3. The molecule has 0 saturated carbocycles. The molecule has 3 atom stereocenters. The smallest absolute Gasteiger partial charge is 0.330 e. The highest BCUT2D eigenvalue weighted by Gasteiger charge is 2.64. The SMILES string of the molecule is CCNC(=O)CO/N=C1/Cc2c([nH]c3ccc(C)cc23)C2=C1C=C(OCC(=O)NC1C(=O)N3C1SC(C)(C)C3C(=O)OCC1=CC=C(OC)CC1)CC2. The van der Waals surface area contributed by atoms with Gasteiger partial charge in [-0.3, -0.25) is 14.4 Å². The topological polar surface area (TPSA) is 161 Å². The first kappa shape index (κ1) is 36.4. The first-order valence-electron chi connectivity index (χ1n) is 18.0. The number of esters is 1. The number of fused-ring (bicyclic) bond motifs is 5. The van der Waals surface area contributed by atoms with Crippen LogP contribution in [-0.2, 0) is 44.6 Å². The van der Waals surface area contributed by atoms with Crippen molar-refractivity contribution in [3.8, 4) is 0 Å². The number of hydrogen-bond acceptors (Lipinski definition) is 10. The molecule has 3 amide bonds. The summed E-state index contributed by atoms with van der Waals surface area (Å²) in [4.78, 5) is 62.5. The van der Waals surface area contributed by atoms with Crippen molar-refractivity contribution in [2.45, 2.75) is 82.0 Å². The molecule has 2 saturated heterocycles. The third-order valence-electron chi connectivity index (χ3n) is 10.2. The lowest BCUT2D eigenvalue weighted by Crippen LogP contribution is -2.71. The van der Waals surface area contributed by atoms with E-state index < -0.39 is 34.1 Å². The van der Waals surface area contributed by atoms with Crippen LogP contribution in [0.5, 0.6) is 0 Å². The van der Waals surface area contributed by atoms with Gasteiger partial charge >= 0.3 is 5.97 Å². The second kappa shape index (κ2) is 14.8. The van der Waals surface area contributed by atoms with Crippen molar-refractivity contribution in [3.63, 3.8) is 0 Å². The average molecular weight is 744 g/mol. The van der Waals surface area contributed by atoms with Crippen molar-refractivity contribution < 1.29 is 38.2 Å². The number of methoxy groups -OCH3 is 1. The molecule has 14 heteroatoms. The summed E-state index contributed by atoms with van der Waals surface area (Å²) in [6, 6.07) is 4.76. The van der Waals surface area contributed by atoms with Gasteiger partial charge < -0.3 is 39.6 Å². The van der Waals surface area contributed by atoms with Crippen LogP contribution in [0.4, 0.5) is 0 Å². The summed E-state index contributed by atoms with van der Waals surface area (Å²) in [5.41, 5.74) is 7.92. The normalized spacial score (nSPS) is 23.5. The van der Waals surface area contributed by atoms with Gasteiger partial charge in [0, 0.05) is 52.7 Å². The highest BCUT2D eigenvalue weighted by atomic mass is 32.2. The van der Waals surface area contributed by atoms with Gasteiger partial charge in [0.05, 0.1) is 24.3 Å². The van der Waals surface area contributed by atoms with E-state index in [9.17, 15) is 19.2 Å². The number of aromatic amines is 1. The maximum absolute atomic E-state index is 13.4. The molecule has 280 valence electrons. The monoisotopic (exact) mass is 743 g/mol. The molecule has 0 radical (unpaired) electrons. The quantitative estimate of drug-likeness (QED) is 0.163. The van der Waals surface area contributed by atoms with Gasteiger partial charge in [-0.25, -0.2) is 4.79 Å². The van der Waals surface area contributed by atoms with Gasteiger partial charge in [-0.2, -0.15) is 0 Å². The Kier molecular flexibility index (Phi) is 10.2.